The number of rotatable bonds is 7. The van der Waals surface area contributed by atoms with Crippen molar-refractivity contribution in [3.8, 4) is 11.3 Å². The highest BCUT2D eigenvalue weighted by Gasteiger charge is 2.53. The van der Waals surface area contributed by atoms with Gasteiger partial charge in [0, 0.05) is 29.8 Å². The SMILES string of the molecule is Cc1cc(Cn2cc(NC(=O)c3nc(-c4c(C(F)F)ccc(Cl)c4F)cnc3C)cn2)nnc1N1C[C@H]2C[C@H]2C1=O. The smallest absolute Gasteiger partial charge is 0.276 e. The second-order valence-electron chi connectivity index (χ2n) is 10.1. The Balaban J connectivity index is 1.18. The average molecular weight is 583 g/mol. The van der Waals surface area contributed by atoms with Gasteiger partial charge in [-0.1, -0.05) is 17.7 Å². The highest BCUT2D eigenvalue weighted by molar-refractivity contribution is 6.31. The molecule has 1 saturated carbocycles. The maximum Gasteiger partial charge on any atom is 0.276 e. The summed E-state index contributed by atoms with van der Waals surface area (Å²) in [6.45, 7) is 4.31. The number of hydrogen-bond donors (Lipinski definition) is 1. The first-order valence-electron chi connectivity index (χ1n) is 12.7. The van der Waals surface area contributed by atoms with Crippen LogP contribution >= 0.6 is 11.6 Å². The molecule has 6 rings (SSSR count). The summed E-state index contributed by atoms with van der Waals surface area (Å²) >= 11 is 5.82. The Morgan fingerprint density at radius 1 is 1.22 bits per heavy atom. The molecule has 1 saturated heterocycles. The number of halogens is 4. The van der Waals surface area contributed by atoms with Crippen molar-refractivity contribution in [2.75, 3.05) is 16.8 Å². The number of nitrogens with zero attached hydrogens (tertiary/aromatic N) is 7. The van der Waals surface area contributed by atoms with Crippen LogP contribution in [-0.2, 0) is 11.3 Å². The molecule has 1 aromatic carbocycles. The summed E-state index contributed by atoms with van der Waals surface area (Å²) in [6, 6.07) is 3.88. The Bertz CT molecular complexity index is 1710. The van der Waals surface area contributed by atoms with E-state index < -0.39 is 29.3 Å². The van der Waals surface area contributed by atoms with E-state index in [0.29, 0.717) is 29.7 Å². The van der Waals surface area contributed by atoms with Gasteiger partial charge in [0.2, 0.25) is 5.91 Å². The summed E-state index contributed by atoms with van der Waals surface area (Å²) in [5, 5.41) is 15.1. The first-order valence-corrected chi connectivity index (χ1v) is 13.1. The minimum absolute atomic E-state index is 0.102. The molecule has 2 amide bonds. The molecule has 1 aliphatic heterocycles. The van der Waals surface area contributed by atoms with Crippen LogP contribution in [0.15, 0.2) is 36.8 Å². The fraction of sp³-hybridized carbons (Fsp3) is 0.296. The molecule has 2 aliphatic rings. The average Bonchev–Trinajstić information content (AvgIpc) is 3.46. The molecular weight excluding hydrogens is 561 g/mol. The molecule has 14 heteroatoms. The van der Waals surface area contributed by atoms with E-state index >= 15 is 0 Å². The summed E-state index contributed by atoms with van der Waals surface area (Å²) in [7, 11) is 0. The van der Waals surface area contributed by atoms with Crippen LogP contribution in [0.5, 0.6) is 0 Å². The Labute approximate surface area is 236 Å². The van der Waals surface area contributed by atoms with Crippen LogP contribution in [0, 0.1) is 31.5 Å². The Kier molecular flexibility index (Phi) is 6.68. The Morgan fingerprint density at radius 3 is 2.73 bits per heavy atom. The molecule has 10 nitrogen and oxygen atoms in total. The predicted molar refractivity (Wildman–Crippen MR) is 142 cm³/mol. The van der Waals surface area contributed by atoms with Crippen molar-refractivity contribution in [2.45, 2.75) is 33.2 Å². The van der Waals surface area contributed by atoms with Crippen molar-refractivity contribution in [1.29, 1.82) is 0 Å². The highest BCUT2D eigenvalue weighted by Crippen LogP contribution is 2.47. The molecular formula is C27H22ClF3N8O2. The van der Waals surface area contributed by atoms with Gasteiger partial charge in [0.15, 0.2) is 11.6 Å². The minimum Gasteiger partial charge on any atom is -0.318 e. The van der Waals surface area contributed by atoms with Crippen molar-refractivity contribution < 1.29 is 22.8 Å². The fourth-order valence-corrected chi connectivity index (χ4v) is 5.17. The molecule has 3 aromatic heterocycles. The second-order valence-corrected chi connectivity index (χ2v) is 10.5. The van der Waals surface area contributed by atoms with Crippen LogP contribution < -0.4 is 10.2 Å². The maximum atomic E-state index is 14.8. The number of hydrogen-bond acceptors (Lipinski definition) is 7. The van der Waals surface area contributed by atoms with Crippen LogP contribution in [-0.4, -0.2) is 48.3 Å². The van der Waals surface area contributed by atoms with Gasteiger partial charge >= 0.3 is 0 Å². The van der Waals surface area contributed by atoms with E-state index in [4.69, 9.17) is 11.6 Å². The lowest BCUT2D eigenvalue weighted by molar-refractivity contribution is -0.118. The summed E-state index contributed by atoms with van der Waals surface area (Å²) in [4.78, 5) is 35.3. The van der Waals surface area contributed by atoms with E-state index in [2.05, 4.69) is 30.6 Å². The number of benzene rings is 1. The van der Waals surface area contributed by atoms with Crippen LogP contribution in [0.4, 0.5) is 24.7 Å². The zero-order valence-corrected chi connectivity index (χ0v) is 22.5. The van der Waals surface area contributed by atoms with E-state index in [1.807, 2.05) is 13.0 Å². The monoisotopic (exact) mass is 582 g/mol. The second kappa shape index (κ2) is 10.2. The van der Waals surface area contributed by atoms with Gasteiger partial charge in [0.25, 0.3) is 12.3 Å². The van der Waals surface area contributed by atoms with E-state index in [9.17, 15) is 22.8 Å². The number of amides is 2. The normalized spacial score (nSPS) is 17.7. The third-order valence-electron chi connectivity index (χ3n) is 7.19. The third kappa shape index (κ3) is 5.01. The zero-order chi connectivity index (χ0) is 29.0. The van der Waals surface area contributed by atoms with Gasteiger partial charge in [-0.15, -0.1) is 5.10 Å². The largest absolute Gasteiger partial charge is 0.318 e. The van der Waals surface area contributed by atoms with E-state index in [-0.39, 0.29) is 40.5 Å². The van der Waals surface area contributed by atoms with E-state index in [1.54, 1.807) is 15.8 Å². The summed E-state index contributed by atoms with van der Waals surface area (Å²) in [5.41, 5.74) is 0.397. The molecule has 2 atom stereocenters. The molecule has 4 aromatic rings. The molecule has 41 heavy (non-hydrogen) atoms. The van der Waals surface area contributed by atoms with E-state index in [1.165, 1.54) is 13.1 Å². The summed E-state index contributed by atoms with van der Waals surface area (Å²) in [5.74, 6) is -0.553. The molecule has 0 bridgehead atoms. The number of fused-ring (bicyclic) bond motifs is 1. The van der Waals surface area contributed by atoms with Crippen LogP contribution in [0.2, 0.25) is 5.02 Å². The number of carbonyl (C=O) groups is 2. The first kappa shape index (κ1) is 26.8. The van der Waals surface area contributed by atoms with Crippen LogP contribution in [0.25, 0.3) is 11.3 Å². The predicted octanol–water partition coefficient (Wildman–Crippen LogP) is 4.76. The number of aryl methyl sites for hydroxylation is 2. The molecule has 1 aliphatic carbocycles. The van der Waals surface area contributed by atoms with Crippen molar-refractivity contribution >= 4 is 34.9 Å². The molecule has 210 valence electrons. The number of anilines is 2. The van der Waals surface area contributed by atoms with Crippen molar-refractivity contribution in [2.24, 2.45) is 11.8 Å². The number of piperidine rings is 1. The van der Waals surface area contributed by atoms with E-state index in [0.717, 1.165) is 30.3 Å². The van der Waals surface area contributed by atoms with Gasteiger partial charge in [-0.25, -0.2) is 18.2 Å². The Morgan fingerprint density at radius 2 is 2.02 bits per heavy atom. The lowest BCUT2D eigenvalue weighted by Crippen LogP contribution is -2.30. The first-order chi connectivity index (χ1) is 19.6. The minimum atomic E-state index is -3.00. The van der Waals surface area contributed by atoms with Crippen LogP contribution in [0.1, 0.15) is 45.8 Å². The molecule has 0 unspecified atom stereocenters. The fourth-order valence-electron chi connectivity index (χ4n) is 5.01. The van der Waals surface area contributed by atoms with Crippen molar-refractivity contribution in [1.82, 2.24) is 29.9 Å². The van der Waals surface area contributed by atoms with Crippen molar-refractivity contribution in [3.63, 3.8) is 0 Å². The number of alkyl halides is 2. The van der Waals surface area contributed by atoms with Crippen LogP contribution in [0.3, 0.4) is 0 Å². The number of carbonyl (C=O) groups excluding carboxylic acids is 2. The van der Waals surface area contributed by atoms with Gasteiger partial charge in [0.1, 0.15) is 5.69 Å². The standard InChI is InChI=1S/C27H22ClF3N8O2/c1-12-5-15(36-37-25(12)39-9-14-6-18(14)27(39)41)10-38-11-16(7-33-38)34-26(40)23-13(2)32-8-20(35-23)21-17(24(30)31)3-4-19(28)22(21)29/h3-5,7-8,11,14,18,24H,6,9-10H2,1-2H3,(H,34,40)/t14-,18-/m1/s1. The van der Waals surface area contributed by atoms with Crippen molar-refractivity contribution in [3.05, 3.63) is 75.8 Å². The summed E-state index contributed by atoms with van der Waals surface area (Å²) in [6.07, 6.45) is 2.05. The zero-order valence-electron chi connectivity index (χ0n) is 21.8. The number of aromatic nitrogens is 6. The van der Waals surface area contributed by atoms with Gasteiger partial charge in [-0.05, 0) is 43.9 Å². The molecule has 0 spiro atoms. The Hall–Kier alpha value is -4.39. The maximum absolute atomic E-state index is 14.8. The lowest BCUT2D eigenvalue weighted by atomic mass is 10.0. The van der Waals surface area contributed by atoms with Gasteiger partial charge < -0.3 is 5.32 Å². The van der Waals surface area contributed by atoms with Gasteiger partial charge in [0.05, 0.1) is 46.7 Å². The molecule has 2 fully saturated rings. The molecule has 4 heterocycles. The lowest BCUT2D eigenvalue weighted by Gasteiger charge is -2.18. The van der Waals surface area contributed by atoms with Gasteiger partial charge in [-0.3, -0.25) is 24.2 Å². The third-order valence-corrected chi connectivity index (χ3v) is 7.48. The van der Waals surface area contributed by atoms with Gasteiger partial charge in [-0.2, -0.15) is 10.2 Å². The summed E-state index contributed by atoms with van der Waals surface area (Å²) < 4.78 is 43.5. The number of nitrogens with one attached hydrogen (secondary N) is 1. The quantitative estimate of drug-likeness (QED) is 0.334. The highest BCUT2D eigenvalue weighted by atomic mass is 35.5. The topological polar surface area (TPSA) is 119 Å². The molecule has 1 N–H and O–H groups in total. The molecule has 0 radical (unpaired) electrons.